The number of rotatable bonds is 1. The minimum atomic E-state index is 0.111. The van der Waals surface area contributed by atoms with Crippen molar-refractivity contribution in [3.8, 4) is 0 Å². The Hall–Kier alpha value is -1.95. The molecule has 2 N–H and O–H groups in total. The fourth-order valence-electron chi connectivity index (χ4n) is 3.38. The Balaban J connectivity index is 1.56. The van der Waals surface area contributed by atoms with Crippen molar-refractivity contribution in [1.29, 1.82) is 0 Å². The molecule has 0 saturated carbocycles. The van der Waals surface area contributed by atoms with Crippen LogP contribution < -0.4 is 5.32 Å². The van der Waals surface area contributed by atoms with E-state index < -0.39 is 0 Å². The first kappa shape index (κ1) is 11.8. The van der Waals surface area contributed by atoms with Gasteiger partial charge in [0.15, 0.2) is 0 Å². The lowest BCUT2D eigenvalue weighted by molar-refractivity contribution is 0.0642. The summed E-state index contributed by atoms with van der Waals surface area (Å²) in [5.41, 5.74) is 2.31. The fraction of sp³-hybridized carbons (Fsp3) is 0.500. The summed E-state index contributed by atoms with van der Waals surface area (Å²) in [5, 5.41) is 13.9. The molecule has 1 aromatic carbocycles. The smallest absolute Gasteiger partial charge is 0.253 e. The second-order valence-corrected chi connectivity index (χ2v) is 5.76. The Kier molecular flexibility index (Phi) is 2.70. The van der Waals surface area contributed by atoms with E-state index in [9.17, 15) is 4.79 Å². The molecule has 0 radical (unpaired) electrons. The van der Waals surface area contributed by atoms with Crippen molar-refractivity contribution in [2.75, 3.05) is 26.2 Å². The molecule has 6 nitrogen and oxygen atoms in total. The van der Waals surface area contributed by atoms with E-state index in [1.54, 1.807) is 0 Å². The van der Waals surface area contributed by atoms with E-state index in [2.05, 4.69) is 20.7 Å². The predicted molar refractivity (Wildman–Crippen MR) is 74.3 cm³/mol. The van der Waals surface area contributed by atoms with Gasteiger partial charge in [0.25, 0.3) is 5.91 Å². The molecule has 0 bridgehead atoms. The lowest BCUT2D eigenvalue weighted by atomic mass is 9.88. The molecule has 6 heteroatoms. The Bertz CT molecular complexity index is 652. The molecule has 0 spiro atoms. The maximum Gasteiger partial charge on any atom is 0.253 e. The lowest BCUT2D eigenvalue weighted by Crippen LogP contribution is -2.43. The molecule has 1 aromatic heterocycles. The van der Waals surface area contributed by atoms with E-state index in [0.717, 1.165) is 49.6 Å². The van der Waals surface area contributed by atoms with Crippen LogP contribution in [0.5, 0.6) is 0 Å². The highest BCUT2D eigenvalue weighted by Crippen LogP contribution is 2.27. The zero-order valence-corrected chi connectivity index (χ0v) is 11.2. The minimum absolute atomic E-state index is 0.111. The topological polar surface area (TPSA) is 73.9 Å². The van der Waals surface area contributed by atoms with Gasteiger partial charge in [0.1, 0.15) is 5.52 Å². The fourth-order valence-corrected chi connectivity index (χ4v) is 3.38. The number of nitrogens with one attached hydrogen (secondary N) is 2. The molecule has 2 unspecified atom stereocenters. The predicted octanol–water partition coefficient (Wildman–Crippen LogP) is 0.639. The molecule has 1 amide bonds. The molecule has 2 aliphatic heterocycles. The SMILES string of the molecule is O=C(c1ccc2[nH]nnc2c1)N1CCC2CNCC2C1. The van der Waals surface area contributed by atoms with Crippen molar-refractivity contribution in [2.45, 2.75) is 6.42 Å². The number of nitrogens with zero attached hydrogens (tertiary/aromatic N) is 3. The van der Waals surface area contributed by atoms with Gasteiger partial charge in [-0.05, 0) is 49.5 Å². The first-order chi connectivity index (χ1) is 9.81. The van der Waals surface area contributed by atoms with Gasteiger partial charge >= 0.3 is 0 Å². The highest BCUT2D eigenvalue weighted by Gasteiger charge is 2.34. The zero-order chi connectivity index (χ0) is 13.5. The van der Waals surface area contributed by atoms with Gasteiger partial charge < -0.3 is 10.2 Å². The Morgan fingerprint density at radius 3 is 3.15 bits per heavy atom. The van der Waals surface area contributed by atoms with Crippen molar-refractivity contribution in [3.63, 3.8) is 0 Å². The van der Waals surface area contributed by atoms with Crippen LogP contribution in [0.15, 0.2) is 18.2 Å². The van der Waals surface area contributed by atoms with Gasteiger partial charge in [-0.1, -0.05) is 5.21 Å². The number of aromatic nitrogens is 3. The van der Waals surface area contributed by atoms with Crippen LogP contribution in [0.4, 0.5) is 0 Å². The van der Waals surface area contributed by atoms with Crippen LogP contribution in [0.25, 0.3) is 11.0 Å². The molecule has 0 aliphatic carbocycles. The molecule has 2 fully saturated rings. The standard InChI is InChI=1S/C14H17N5O/c20-14(9-1-2-12-13(5-9)17-18-16-12)19-4-3-10-6-15-7-11(10)8-19/h1-2,5,10-11,15H,3-4,6-8H2,(H,16,17,18). The normalized spacial score (nSPS) is 25.9. The third-order valence-electron chi connectivity index (χ3n) is 4.56. The number of H-pyrrole nitrogens is 1. The van der Waals surface area contributed by atoms with E-state index in [0.29, 0.717) is 11.5 Å². The third kappa shape index (κ3) is 1.87. The molecule has 104 valence electrons. The quantitative estimate of drug-likeness (QED) is 0.798. The largest absolute Gasteiger partial charge is 0.338 e. The van der Waals surface area contributed by atoms with Crippen molar-refractivity contribution in [3.05, 3.63) is 23.8 Å². The van der Waals surface area contributed by atoms with Crippen LogP contribution >= 0.6 is 0 Å². The van der Waals surface area contributed by atoms with Gasteiger partial charge in [-0.25, -0.2) is 0 Å². The van der Waals surface area contributed by atoms with Crippen molar-refractivity contribution < 1.29 is 4.79 Å². The molecule has 3 heterocycles. The van der Waals surface area contributed by atoms with Gasteiger partial charge in [0.05, 0.1) is 5.52 Å². The molecule has 20 heavy (non-hydrogen) atoms. The number of likely N-dealkylation sites (tertiary alicyclic amines) is 1. The first-order valence-electron chi connectivity index (χ1n) is 7.12. The van der Waals surface area contributed by atoms with Gasteiger partial charge in [-0.15, -0.1) is 5.10 Å². The summed E-state index contributed by atoms with van der Waals surface area (Å²) >= 11 is 0. The van der Waals surface area contributed by atoms with Gasteiger partial charge in [0.2, 0.25) is 0 Å². The summed E-state index contributed by atoms with van der Waals surface area (Å²) in [4.78, 5) is 14.6. The number of hydrogen-bond acceptors (Lipinski definition) is 4. The molecule has 2 aliphatic rings. The summed E-state index contributed by atoms with van der Waals surface area (Å²) < 4.78 is 0. The Morgan fingerprint density at radius 1 is 1.30 bits per heavy atom. The maximum absolute atomic E-state index is 12.6. The van der Waals surface area contributed by atoms with E-state index >= 15 is 0 Å². The number of hydrogen-bond donors (Lipinski definition) is 2. The van der Waals surface area contributed by atoms with Crippen LogP contribution in [0.3, 0.4) is 0 Å². The molecule has 2 atom stereocenters. The van der Waals surface area contributed by atoms with Gasteiger partial charge in [-0.3, -0.25) is 9.89 Å². The first-order valence-corrected chi connectivity index (χ1v) is 7.12. The monoisotopic (exact) mass is 271 g/mol. The Labute approximate surface area is 116 Å². The van der Waals surface area contributed by atoms with Gasteiger partial charge in [0, 0.05) is 18.7 Å². The Morgan fingerprint density at radius 2 is 2.20 bits per heavy atom. The molecule has 2 saturated heterocycles. The average Bonchev–Trinajstić information content (AvgIpc) is 3.13. The van der Waals surface area contributed by atoms with E-state index in [1.165, 1.54) is 0 Å². The number of piperidine rings is 1. The maximum atomic E-state index is 12.6. The van der Waals surface area contributed by atoms with Crippen molar-refractivity contribution >= 4 is 16.9 Å². The number of fused-ring (bicyclic) bond motifs is 2. The number of carbonyl (C=O) groups is 1. The van der Waals surface area contributed by atoms with Crippen molar-refractivity contribution in [1.82, 2.24) is 25.6 Å². The number of benzene rings is 1. The summed E-state index contributed by atoms with van der Waals surface area (Å²) in [6.07, 6.45) is 1.11. The van der Waals surface area contributed by atoms with E-state index in [-0.39, 0.29) is 5.91 Å². The molecular formula is C14H17N5O. The van der Waals surface area contributed by atoms with Gasteiger partial charge in [-0.2, -0.15) is 0 Å². The van der Waals surface area contributed by atoms with Crippen LogP contribution in [0, 0.1) is 11.8 Å². The van der Waals surface area contributed by atoms with E-state index in [1.807, 2.05) is 23.1 Å². The summed E-state index contributed by atoms with van der Waals surface area (Å²) in [5.74, 6) is 1.47. The summed E-state index contributed by atoms with van der Waals surface area (Å²) in [6.45, 7) is 3.88. The zero-order valence-electron chi connectivity index (χ0n) is 11.2. The summed E-state index contributed by atoms with van der Waals surface area (Å²) in [6, 6.07) is 5.54. The number of carbonyl (C=O) groups excluding carboxylic acids is 1. The molecule has 4 rings (SSSR count). The van der Waals surface area contributed by atoms with Crippen LogP contribution in [-0.4, -0.2) is 52.4 Å². The highest BCUT2D eigenvalue weighted by molar-refractivity contribution is 5.97. The average molecular weight is 271 g/mol. The lowest BCUT2D eigenvalue weighted by Gasteiger charge is -2.34. The summed E-state index contributed by atoms with van der Waals surface area (Å²) in [7, 11) is 0. The number of aromatic amines is 1. The number of amides is 1. The van der Waals surface area contributed by atoms with Crippen LogP contribution in [-0.2, 0) is 0 Å². The van der Waals surface area contributed by atoms with Crippen LogP contribution in [0.2, 0.25) is 0 Å². The second kappa shape index (κ2) is 4.56. The van der Waals surface area contributed by atoms with Crippen molar-refractivity contribution in [2.24, 2.45) is 11.8 Å². The van der Waals surface area contributed by atoms with Crippen LogP contribution in [0.1, 0.15) is 16.8 Å². The molecular weight excluding hydrogens is 254 g/mol. The molecule has 2 aromatic rings. The highest BCUT2D eigenvalue weighted by atomic mass is 16.2. The second-order valence-electron chi connectivity index (χ2n) is 5.76. The van der Waals surface area contributed by atoms with E-state index in [4.69, 9.17) is 0 Å². The minimum Gasteiger partial charge on any atom is -0.338 e. The third-order valence-corrected chi connectivity index (χ3v) is 4.56.